The van der Waals surface area contributed by atoms with Crippen LogP contribution in [0.2, 0.25) is 0 Å². The van der Waals surface area contributed by atoms with Gasteiger partial charge in [-0.2, -0.15) is 0 Å². The molecule has 1 saturated heterocycles. The Hall–Kier alpha value is -1.20. The van der Waals surface area contributed by atoms with Gasteiger partial charge in [0.1, 0.15) is 0 Å². The Morgan fingerprint density at radius 3 is 3.06 bits per heavy atom. The van der Waals surface area contributed by atoms with Gasteiger partial charge in [0.15, 0.2) is 0 Å². The van der Waals surface area contributed by atoms with E-state index < -0.39 is 0 Å². The molecular formula is C12H12BrN3O. The Kier molecular flexibility index (Phi) is 2.94. The summed E-state index contributed by atoms with van der Waals surface area (Å²) in [5.74, 6) is 1.70. The number of benzene rings is 1. The third-order valence-electron chi connectivity index (χ3n) is 2.92. The van der Waals surface area contributed by atoms with E-state index in [9.17, 15) is 0 Å². The smallest absolute Gasteiger partial charge is 0.247 e. The van der Waals surface area contributed by atoms with Gasteiger partial charge in [0.2, 0.25) is 11.8 Å². The van der Waals surface area contributed by atoms with Gasteiger partial charge in [-0.1, -0.05) is 22.0 Å². The molecule has 0 amide bonds. The lowest BCUT2D eigenvalue weighted by atomic mass is 10.1. The second-order valence-corrected chi connectivity index (χ2v) is 5.06. The van der Waals surface area contributed by atoms with Crippen LogP contribution in [0.25, 0.3) is 11.5 Å². The molecule has 5 heteroatoms. The molecule has 1 aromatic heterocycles. The molecule has 1 N–H and O–H groups in total. The minimum Gasteiger partial charge on any atom is -0.420 e. The molecule has 2 aromatic rings. The van der Waals surface area contributed by atoms with Crippen molar-refractivity contribution in [1.82, 2.24) is 15.5 Å². The van der Waals surface area contributed by atoms with Crippen molar-refractivity contribution in [1.29, 1.82) is 0 Å². The fourth-order valence-corrected chi connectivity index (χ4v) is 2.40. The molecule has 1 aliphatic rings. The molecule has 2 heterocycles. The number of nitrogens with zero attached hydrogens (tertiary/aromatic N) is 2. The summed E-state index contributed by atoms with van der Waals surface area (Å²) >= 11 is 3.43. The van der Waals surface area contributed by atoms with Gasteiger partial charge in [-0.25, -0.2) is 0 Å². The Morgan fingerprint density at radius 2 is 2.29 bits per heavy atom. The van der Waals surface area contributed by atoms with Crippen molar-refractivity contribution < 1.29 is 4.42 Å². The van der Waals surface area contributed by atoms with Crippen LogP contribution in [0.5, 0.6) is 0 Å². The molecular weight excluding hydrogens is 282 g/mol. The Balaban J connectivity index is 1.89. The zero-order valence-electron chi connectivity index (χ0n) is 9.19. The number of nitrogens with one attached hydrogen (secondary N) is 1. The van der Waals surface area contributed by atoms with E-state index in [0.29, 0.717) is 11.8 Å². The van der Waals surface area contributed by atoms with Gasteiger partial charge in [0.05, 0.1) is 5.92 Å². The minimum atomic E-state index is 0.364. The second-order valence-electron chi connectivity index (χ2n) is 4.15. The molecule has 0 aliphatic carbocycles. The van der Waals surface area contributed by atoms with Crippen molar-refractivity contribution in [3.8, 4) is 11.5 Å². The number of aromatic nitrogens is 2. The summed E-state index contributed by atoms with van der Waals surface area (Å²) in [5.41, 5.74) is 0.948. The number of halogens is 1. The standard InChI is InChI=1S/C12H12BrN3O/c13-10-3-1-2-8(6-10)11-15-16-12(17-11)9-4-5-14-7-9/h1-3,6,9,14H,4-5,7H2. The lowest BCUT2D eigenvalue weighted by Gasteiger charge is -2.00. The summed E-state index contributed by atoms with van der Waals surface area (Å²) in [5, 5.41) is 11.5. The predicted molar refractivity (Wildman–Crippen MR) is 67.7 cm³/mol. The van der Waals surface area contributed by atoms with Crippen LogP contribution in [0.15, 0.2) is 33.2 Å². The maximum absolute atomic E-state index is 5.73. The lowest BCUT2D eigenvalue weighted by Crippen LogP contribution is -2.08. The highest BCUT2D eigenvalue weighted by atomic mass is 79.9. The molecule has 88 valence electrons. The van der Waals surface area contributed by atoms with Gasteiger partial charge < -0.3 is 9.73 Å². The third kappa shape index (κ3) is 2.25. The second kappa shape index (κ2) is 4.58. The molecule has 0 bridgehead atoms. The van der Waals surface area contributed by atoms with Crippen molar-refractivity contribution in [3.63, 3.8) is 0 Å². The SMILES string of the molecule is Brc1cccc(-c2nnc(C3CCNC3)o2)c1. The van der Waals surface area contributed by atoms with E-state index in [4.69, 9.17) is 4.42 Å². The Morgan fingerprint density at radius 1 is 1.35 bits per heavy atom. The maximum Gasteiger partial charge on any atom is 0.247 e. The van der Waals surface area contributed by atoms with Gasteiger partial charge in [-0.3, -0.25) is 0 Å². The molecule has 17 heavy (non-hydrogen) atoms. The largest absolute Gasteiger partial charge is 0.420 e. The summed E-state index contributed by atoms with van der Waals surface area (Å²) in [6, 6.07) is 7.88. The first kappa shape index (κ1) is 10.9. The molecule has 1 fully saturated rings. The third-order valence-corrected chi connectivity index (χ3v) is 3.42. The molecule has 1 unspecified atom stereocenters. The van der Waals surface area contributed by atoms with Crippen molar-refractivity contribution in [2.24, 2.45) is 0 Å². The maximum atomic E-state index is 5.73. The zero-order chi connectivity index (χ0) is 11.7. The molecule has 0 spiro atoms. The summed E-state index contributed by atoms with van der Waals surface area (Å²) in [7, 11) is 0. The predicted octanol–water partition coefficient (Wildman–Crippen LogP) is 2.58. The van der Waals surface area contributed by atoms with Crippen LogP contribution in [0.1, 0.15) is 18.2 Å². The highest BCUT2D eigenvalue weighted by Crippen LogP contribution is 2.26. The van der Waals surface area contributed by atoms with Gasteiger partial charge >= 0.3 is 0 Å². The fraction of sp³-hybridized carbons (Fsp3) is 0.333. The van der Waals surface area contributed by atoms with Crippen molar-refractivity contribution in [2.45, 2.75) is 12.3 Å². The average Bonchev–Trinajstić information content (AvgIpc) is 3.00. The van der Waals surface area contributed by atoms with Gasteiger partial charge in [0, 0.05) is 16.6 Å². The first-order valence-electron chi connectivity index (χ1n) is 5.63. The van der Waals surface area contributed by atoms with E-state index in [0.717, 1.165) is 35.4 Å². The molecule has 1 atom stereocenters. The van der Waals surface area contributed by atoms with Crippen LogP contribution in [0.3, 0.4) is 0 Å². The molecule has 0 radical (unpaired) electrons. The first-order chi connectivity index (χ1) is 8.33. The lowest BCUT2D eigenvalue weighted by molar-refractivity contribution is 0.467. The van der Waals surface area contributed by atoms with Gasteiger partial charge in [0.25, 0.3) is 0 Å². The van der Waals surface area contributed by atoms with Crippen molar-refractivity contribution >= 4 is 15.9 Å². The highest BCUT2D eigenvalue weighted by molar-refractivity contribution is 9.10. The normalized spacial score (nSPS) is 19.7. The zero-order valence-corrected chi connectivity index (χ0v) is 10.8. The van der Waals surface area contributed by atoms with Crippen molar-refractivity contribution in [3.05, 3.63) is 34.6 Å². The summed E-state index contributed by atoms with van der Waals surface area (Å²) in [6.07, 6.45) is 1.07. The van der Waals surface area contributed by atoms with E-state index in [1.807, 2.05) is 24.3 Å². The molecule has 1 aromatic carbocycles. The van der Waals surface area contributed by atoms with E-state index in [1.54, 1.807) is 0 Å². The Bertz CT molecular complexity index is 520. The summed E-state index contributed by atoms with van der Waals surface area (Å²) in [4.78, 5) is 0. The molecule has 3 rings (SSSR count). The van der Waals surface area contributed by atoms with E-state index in [-0.39, 0.29) is 0 Å². The number of hydrogen-bond acceptors (Lipinski definition) is 4. The van der Waals surface area contributed by atoms with Gasteiger partial charge in [-0.05, 0) is 31.2 Å². The van der Waals surface area contributed by atoms with Gasteiger partial charge in [-0.15, -0.1) is 10.2 Å². The number of hydrogen-bond donors (Lipinski definition) is 1. The van der Waals surface area contributed by atoms with Crippen LogP contribution in [-0.4, -0.2) is 23.3 Å². The summed E-state index contributed by atoms with van der Waals surface area (Å²) in [6.45, 7) is 1.96. The van der Waals surface area contributed by atoms with Crippen LogP contribution in [0.4, 0.5) is 0 Å². The first-order valence-corrected chi connectivity index (χ1v) is 6.42. The average molecular weight is 294 g/mol. The molecule has 0 saturated carbocycles. The molecule has 1 aliphatic heterocycles. The number of rotatable bonds is 2. The minimum absolute atomic E-state index is 0.364. The Labute approximate surface area is 108 Å². The topological polar surface area (TPSA) is 51.0 Å². The van der Waals surface area contributed by atoms with Crippen LogP contribution < -0.4 is 5.32 Å². The fourth-order valence-electron chi connectivity index (χ4n) is 2.00. The van der Waals surface area contributed by atoms with E-state index >= 15 is 0 Å². The van der Waals surface area contributed by atoms with Crippen LogP contribution in [-0.2, 0) is 0 Å². The van der Waals surface area contributed by atoms with E-state index in [1.165, 1.54) is 0 Å². The van der Waals surface area contributed by atoms with E-state index in [2.05, 4.69) is 31.4 Å². The highest BCUT2D eigenvalue weighted by Gasteiger charge is 2.22. The quantitative estimate of drug-likeness (QED) is 0.925. The summed E-state index contributed by atoms with van der Waals surface area (Å²) < 4.78 is 6.74. The van der Waals surface area contributed by atoms with Crippen LogP contribution in [0, 0.1) is 0 Å². The van der Waals surface area contributed by atoms with Crippen molar-refractivity contribution in [2.75, 3.05) is 13.1 Å². The monoisotopic (exact) mass is 293 g/mol. The van der Waals surface area contributed by atoms with Crippen LogP contribution >= 0.6 is 15.9 Å². The molecule has 4 nitrogen and oxygen atoms in total.